The predicted molar refractivity (Wildman–Crippen MR) is 182 cm³/mol. The summed E-state index contributed by atoms with van der Waals surface area (Å²) in [7, 11) is 0. The van der Waals surface area contributed by atoms with Crippen molar-refractivity contribution in [1.82, 2.24) is 14.1 Å². The van der Waals surface area contributed by atoms with Crippen LogP contribution >= 0.6 is 0 Å². The first-order valence-corrected chi connectivity index (χ1v) is 14.9. The van der Waals surface area contributed by atoms with Gasteiger partial charge in [0.15, 0.2) is 0 Å². The van der Waals surface area contributed by atoms with E-state index < -0.39 is 0 Å². The van der Waals surface area contributed by atoms with Crippen LogP contribution in [0.1, 0.15) is 27.8 Å². The average Bonchev–Trinajstić information content (AvgIpc) is 3.51. The van der Waals surface area contributed by atoms with Crippen LogP contribution in [-0.4, -0.2) is 14.1 Å². The topological polar surface area (TPSA) is 46.5 Å². The Balaban J connectivity index is 1.49. The van der Waals surface area contributed by atoms with E-state index in [1.807, 2.05) is 24.5 Å². The molecule has 8 rings (SSSR count). The molecule has 0 N–H and O–H groups in total. The molecule has 5 aromatic carbocycles. The lowest BCUT2D eigenvalue weighted by Gasteiger charge is -2.18. The van der Waals surface area contributed by atoms with E-state index in [0.717, 1.165) is 44.6 Å². The van der Waals surface area contributed by atoms with E-state index in [0.29, 0.717) is 5.56 Å². The van der Waals surface area contributed by atoms with Crippen molar-refractivity contribution in [1.29, 1.82) is 5.26 Å². The molecule has 4 heteroatoms. The van der Waals surface area contributed by atoms with Crippen molar-refractivity contribution >= 4 is 43.6 Å². The molecule has 0 aliphatic rings. The zero-order chi connectivity index (χ0) is 30.1. The Morgan fingerprint density at radius 3 is 1.36 bits per heavy atom. The number of fused-ring (bicyclic) bond motifs is 6. The Labute approximate surface area is 256 Å². The van der Waals surface area contributed by atoms with Gasteiger partial charge in [0.05, 0.1) is 45.1 Å². The van der Waals surface area contributed by atoms with Crippen molar-refractivity contribution in [2.75, 3.05) is 0 Å². The summed E-state index contributed by atoms with van der Waals surface area (Å²) in [4.78, 5) is 4.64. The number of rotatable bonds is 3. The van der Waals surface area contributed by atoms with Crippen LogP contribution in [0.5, 0.6) is 0 Å². The number of aromatic nitrogens is 3. The Morgan fingerprint density at radius 2 is 0.932 bits per heavy atom. The number of nitrogens with zero attached hydrogens (tertiary/aromatic N) is 4. The van der Waals surface area contributed by atoms with Gasteiger partial charge in [-0.05, 0) is 100 Å². The van der Waals surface area contributed by atoms with Crippen molar-refractivity contribution < 1.29 is 0 Å². The molecule has 0 spiro atoms. The third kappa shape index (κ3) is 3.87. The predicted octanol–water partition coefficient (Wildman–Crippen LogP) is 10.0. The van der Waals surface area contributed by atoms with Crippen LogP contribution in [0.4, 0.5) is 0 Å². The molecule has 3 aromatic heterocycles. The molecule has 44 heavy (non-hydrogen) atoms. The van der Waals surface area contributed by atoms with Crippen LogP contribution in [0.25, 0.3) is 66.1 Å². The fourth-order valence-corrected chi connectivity index (χ4v) is 6.83. The Morgan fingerprint density at radius 1 is 0.500 bits per heavy atom. The summed E-state index contributed by atoms with van der Waals surface area (Å²) < 4.78 is 4.69. The van der Waals surface area contributed by atoms with Crippen molar-refractivity contribution in [3.63, 3.8) is 0 Å². The molecule has 4 nitrogen and oxygen atoms in total. The summed E-state index contributed by atoms with van der Waals surface area (Å²) in [6.45, 7) is 8.57. The van der Waals surface area contributed by atoms with E-state index in [-0.39, 0.29) is 0 Å². The van der Waals surface area contributed by atoms with Crippen LogP contribution in [0.2, 0.25) is 0 Å². The molecule has 0 atom stereocenters. The van der Waals surface area contributed by atoms with Gasteiger partial charge in [0, 0.05) is 45.1 Å². The van der Waals surface area contributed by atoms with Crippen LogP contribution in [0, 0.1) is 39.0 Å². The molecule has 0 unspecified atom stereocenters. The van der Waals surface area contributed by atoms with Crippen LogP contribution in [-0.2, 0) is 0 Å². The minimum atomic E-state index is 0.611. The van der Waals surface area contributed by atoms with E-state index in [4.69, 9.17) is 0 Å². The van der Waals surface area contributed by atoms with Crippen molar-refractivity contribution in [2.24, 2.45) is 0 Å². The number of hydrogen-bond acceptors (Lipinski definition) is 2. The molecular formula is C40H30N4. The van der Waals surface area contributed by atoms with Gasteiger partial charge in [-0.25, -0.2) is 0 Å². The summed E-state index contributed by atoms with van der Waals surface area (Å²) in [5, 5.41) is 14.9. The van der Waals surface area contributed by atoms with E-state index in [1.54, 1.807) is 0 Å². The first-order valence-electron chi connectivity index (χ1n) is 14.9. The molecule has 8 aromatic rings. The highest BCUT2D eigenvalue weighted by Gasteiger charge is 2.21. The van der Waals surface area contributed by atoms with Crippen molar-refractivity contribution in [2.45, 2.75) is 27.7 Å². The van der Waals surface area contributed by atoms with E-state index in [1.165, 1.54) is 43.8 Å². The SMILES string of the molecule is Cc1ccc2c(c1)c1cc(C)ccc1n2-c1ccncc1-c1cc(C#N)ccc1-n1c2ccc(C)cc2c2cc(C)ccc21. The lowest BCUT2D eigenvalue weighted by Crippen LogP contribution is -2.02. The van der Waals surface area contributed by atoms with E-state index >= 15 is 0 Å². The van der Waals surface area contributed by atoms with Crippen LogP contribution in [0.15, 0.2) is 109 Å². The Kier molecular flexibility index (Phi) is 5.73. The molecule has 3 heterocycles. The summed E-state index contributed by atoms with van der Waals surface area (Å²) in [5.74, 6) is 0. The lowest BCUT2D eigenvalue weighted by molar-refractivity contribution is 1.14. The standard InChI is InChI=1S/C40H30N4/c1-24-5-10-35-29(17-24)30-18-25(2)6-11-36(30)43(35)39-14-9-28(22-41)21-33(39)34-23-42-16-15-40(34)44-37-12-7-26(3)19-31(37)32-20-27(4)8-13-38(32)44/h5-21,23H,1-4H3. The second-order valence-corrected chi connectivity index (χ2v) is 12.0. The lowest BCUT2D eigenvalue weighted by atomic mass is 10.00. The van der Waals surface area contributed by atoms with Gasteiger partial charge in [0.25, 0.3) is 0 Å². The molecule has 210 valence electrons. The molecule has 0 saturated carbocycles. The second kappa shape index (κ2) is 9.69. The van der Waals surface area contributed by atoms with Gasteiger partial charge in [-0.1, -0.05) is 46.5 Å². The Hall–Kier alpha value is -5.66. The second-order valence-electron chi connectivity index (χ2n) is 12.0. The fourth-order valence-electron chi connectivity index (χ4n) is 6.83. The number of nitriles is 1. The van der Waals surface area contributed by atoms with Gasteiger partial charge in [0.1, 0.15) is 0 Å². The van der Waals surface area contributed by atoms with Gasteiger partial charge >= 0.3 is 0 Å². The summed E-state index contributed by atoms with van der Waals surface area (Å²) in [5.41, 5.74) is 14.0. The normalized spacial score (nSPS) is 11.6. The monoisotopic (exact) mass is 566 g/mol. The molecule has 0 aliphatic carbocycles. The molecule has 0 radical (unpaired) electrons. The fraction of sp³-hybridized carbons (Fsp3) is 0.100. The van der Waals surface area contributed by atoms with Crippen molar-refractivity contribution in [3.05, 3.63) is 137 Å². The van der Waals surface area contributed by atoms with Crippen molar-refractivity contribution in [3.8, 4) is 28.6 Å². The first kappa shape index (κ1) is 26.0. The maximum absolute atomic E-state index is 10.0. The van der Waals surface area contributed by atoms with Gasteiger partial charge in [-0.3, -0.25) is 4.98 Å². The van der Waals surface area contributed by atoms with Crippen LogP contribution < -0.4 is 0 Å². The third-order valence-electron chi connectivity index (χ3n) is 8.85. The molecule has 0 fully saturated rings. The molecule has 0 saturated heterocycles. The number of hydrogen-bond donors (Lipinski definition) is 0. The quantitative estimate of drug-likeness (QED) is 0.214. The number of pyridine rings is 1. The minimum absolute atomic E-state index is 0.611. The first-order chi connectivity index (χ1) is 21.4. The summed E-state index contributed by atoms with van der Waals surface area (Å²) >= 11 is 0. The summed E-state index contributed by atoms with van der Waals surface area (Å²) in [6, 6.07) is 37.1. The van der Waals surface area contributed by atoms with Gasteiger partial charge in [0.2, 0.25) is 0 Å². The summed E-state index contributed by atoms with van der Waals surface area (Å²) in [6.07, 6.45) is 3.80. The maximum Gasteiger partial charge on any atom is 0.0991 e. The average molecular weight is 567 g/mol. The molecule has 0 amide bonds. The van der Waals surface area contributed by atoms with Gasteiger partial charge in [-0.15, -0.1) is 0 Å². The van der Waals surface area contributed by atoms with E-state index in [9.17, 15) is 5.26 Å². The zero-order valence-electron chi connectivity index (χ0n) is 25.2. The van der Waals surface area contributed by atoms with E-state index in [2.05, 4.69) is 133 Å². The zero-order valence-corrected chi connectivity index (χ0v) is 25.2. The minimum Gasteiger partial charge on any atom is -0.309 e. The molecule has 0 bridgehead atoms. The maximum atomic E-state index is 10.0. The Bertz CT molecular complexity index is 2380. The van der Waals surface area contributed by atoms with Crippen LogP contribution in [0.3, 0.4) is 0 Å². The molecular weight excluding hydrogens is 536 g/mol. The highest BCUT2D eigenvalue weighted by atomic mass is 15.0. The van der Waals surface area contributed by atoms with Gasteiger partial charge < -0.3 is 9.13 Å². The highest BCUT2D eigenvalue weighted by Crippen LogP contribution is 2.41. The third-order valence-corrected chi connectivity index (χ3v) is 8.85. The number of benzene rings is 5. The molecule has 0 aliphatic heterocycles. The number of aryl methyl sites for hydroxylation is 4. The highest BCUT2D eigenvalue weighted by molar-refractivity contribution is 6.12. The van der Waals surface area contributed by atoms with Gasteiger partial charge in [-0.2, -0.15) is 5.26 Å². The largest absolute Gasteiger partial charge is 0.309 e. The smallest absolute Gasteiger partial charge is 0.0991 e.